The van der Waals surface area contributed by atoms with E-state index in [9.17, 15) is 0 Å². The van der Waals surface area contributed by atoms with Crippen LogP contribution in [0.5, 0.6) is 0 Å². The fourth-order valence-electron chi connectivity index (χ4n) is 3.28. The van der Waals surface area contributed by atoms with Gasteiger partial charge in [-0.15, -0.1) is 10.2 Å². The van der Waals surface area contributed by atoms with Crippen molar-refractivity contribution in [2.45, 2.75) is 0 Å². The fraction of sp³-hybridized carbons (Fsp3) is 0. The molecule has 4 heteroatoms. The van der Waals surface area contributed by atoms with E-state index in [-0.39, 0.29) is 0 Å². The molecule has 4 nitrogen and oxygen atoms in total. The average Bonchev–Trinajstić information content (AvgIpc) is 2.77. The summed E-state index contributed by atoms with van der Waals surface area (Å²) in [5.74, 6) is 1.13. The van der Waals surface area contributed by atoms with Crippen molar-refractivity contribution in [3.05, 3.63) is 97.1 Å². The summed E-state index contributed by atoms with van der Waals surface area (Å²) in [5, 5.41) is 10.7. The number of hydrogen-bond acceptors (Lipinski definition) is 4. The van der Waals surface area contributed by atoms with Crippen LogP contribution in [0.25, 0.3) is 32.9 Å². The molecule has 3 aromatic carbocycles. The Morgan fingerprint density at radius 3 is 2.04 bits per heavy atom. The lowest BCUT2D eigenvalue weighted by Gasteiger charge is -2.06. The first-order valence-electron chi connectivity index (χ1n) is 9.10. The van der Waals surface area contributed by atoms with Crippen molar-refractivity contribution in [3.8, 4) is 11.1 Å². The highest BCUT2D eigenvalue weighted by Gasteiger charge is 2.05. The van der Waals surface area contributed by atoms with Crippen LogP contribution < -0.4 is 0 Å². The third-order valence-electron chi connectivity index (χ3n) is 4.64. The smallest absolute Gasteiger partial charge is 0.175 e. The van der Waals surface area contributed by atoms with E-state index in [1.807, 2.05) is 78.9 Å². The van der Waals surface area contributed by atoms with Crippen LogP contribution in [0, 0.1) is 0 Å². The number of rotatable bonds is 3. The van der Waals surface area contributed by atoms with Gasteiger partial charge >= 0.3 is 0 Å². The fourth-order valence-corrected chi connectivity index (χ4v) is 3.28. The number of aromatic nitrogens is 2. The Labute approximate surface area is 162 Å². The van der Waals surface area contributed by atoms with Gasteiger partial charge in [0.2, 0.25) is 0 Å². The summed E-state index contributed by atoms with van der Waals surface area (Å²) in [6.07, 6.45) is 0. The Hall–Kier alpha value is -3.92. The highest BCUT2D eigenvalue weighted by atomic mass is 15.2. The van der Waals surface area contributed by atoms with E-state index >= 15 is 0 Å². The van der Waals surface area contributed by atoms with E-state index in [0.29, 0.717) is 11.6 Å². The third-order valence-corrected chi connectivity index (χ3v) is 4.64. The Kier molecular flexibility index (Phi) is 4.07. The van der Waals surface area contributed by atoms with Crippen LogP contribution >= 0.6 is 0 Å². The number of pyridine rings is 2. The van der Waals surface area contributed by atoms with Gasteiger partial charge in [-0.3, -0.25) is 0 Å². The minimum Gasteiger partial charge on any atom is -0.227 e. The van der Waals surface area contributed by atoms with Crippen molar-refractivity contribution in [3.63, 3.8) is 0 Å². The van der Waals surface area contributed by atoms with Crippen LogP contribution in [0.2, 0.25) is 0 Å². The molecule has 0 fully saturated rings. The summed E-state index contributed by atoms with van der Waals surface area (Å²) in [7, 11) is 0. The molecule has 2 heterocycles. The standard InChI is InChI=1S/C24H16N4/c1-2-7-17(8-3-1)19-10-6-12-22-20(19)14-16-24(26-22)28-27-23-15-13-18-9-4-5-11-21(18)25-23/h1-16H. The van der Waals surface area contributed by atoms with E-state index in [1.165, 1.54) is 5.56 Å². The second kappa shape index (κ2) is 7.00. The van der Waals surface area contributed by atoms with Crippen molar-refractivity contribution in [1.82, 2.24) is 9.97 Å². The van der Waals surface area contributed by atoms with Crippen LogP contribution in [0.4, 0.5) is 11.6 Å². The summed E-state index contributed by atoms with van der Waals surface area (Å²) in [5.41, 5.74) is 4.12. The van der Waals surface area contributed by atoms with Gasteiger partial charge in [0.05, 0.1) is 11.0 Å². The van der Waals surface area contributed by atoms with Crippen LogP contribution in [-0.4, -0.2) is 9.97 Å². The molecule has 0 N–H and O–H groups in total. The number of para-hydroxylation sites is 1. The minimum atomic E-state index is 0.563. The normalized spacial score (nSPS) is 11.4. The lowest BCUT2D eigenvalue weighted by molar-refractivity contribution is 1.14. The summed E-state index contributed by atoms with van der Waals surface area (Å²) >= 11 is 0. The van der Waals surface area contributed by atoms with Crippen molar-refractivity contribution >= 4 is 33.4 Å². The zero-order valence-corrected chi connectivity index (χ0v) is 15.0. The predicted octanol–water partition coefficient (Wildman–Crippen LogP) is 6.87. The van der Waals surface area contributed by atoms with Crippen LogP contribution in [0.1, 0.15) is 0 Å². The quantitative estimate of drug-likeness (QED) is 0.330. The van der Waals surface area contributed by atoms with E-state index in [2.05, 4.69) is 38.4 Å². The number of hydrogen-bond donors (Lipinski definition) is 0. The first kappa shape index (κ1) is 16.3. The van der Waals surface area contributed by atoms with Crippen molar-refractivity contribution < 1.29 is 0 Å². The molecule has 0 unspecified atom stereocenters. The van der Waals surface area contributed by atoms with Gasteiger partial charge in [0, 0.05) is 10.8 Å². The van der Waals surface area contributed by atoms with Crippen molar-refractivity contribution in [1.29, 1.82) is 0 Å². The van der Waals surface area contributed by atoms with Crippen molar-refractivity contribution in [2.24, 2.45) is 10.2 Å². The summed E-state index contributed by atoms with van der Waals surface area (Å²) in [4.78, 5) is 9.17. The van der Waals surface area contributed by atoms with Gasteiger partial charge in [0.1, 0.15) is 0 Å². The van der Waals surface area contributed by atoms with Crippen LogP contribution in [0.3, 0.4) is 0 Å². The Morgan fingerprint density at radius 2 is 1.18 bits per heavy atom. The monoisotopic (exact) mass is 360 g/mol. The molecule has 5 aromatic rings. The van der Waals surface area contributed by atoms with Gasteiger partial charge in [-0.25, -0.2) is 9.97 Å². The van der Waals surface area contributed by atoms with E-state index in [4.69, 9.17) is 0 Å². The number of fused-ring (bicyclic) bond motifs is 2. The SMILES string of the molecule is c1ccc(-c2cccc3nc(N=Nc4ccc5ccccc5n4)ccc23)cc1. The largest absolute Gasteiger partial charge is 0.227 e. The predicted molar refractivity (Wildman–Crippen MR) is 113 cm³/mol. The molecule has 0 radical (unpaired) electrons. The number of azo groups is 1. The molecule has 0 spiro atoms. The van der Waals surface area contributed by atoms with Gasteiger partial charge in [0.15, 0.2) is 11.6 Å². The average molecular weight is 360 g/mol. The van der Waals surface area contributed by atoms with E-state index in [0.717, 1.165) is 27.4 Å². The molecule has 0 aliphatic heterocycles. The minimum absolute atomic E-state index is 0.563. The zero-order valence-electron chi connectivity index (χ0n) is 15.0. The maximum absolute atomic E-state index is 4.65. The lowest BCUT2D eigenvalue weighted by atomic mass is 10.0. The Bertz CT molecular complexity index is 1310. The first-order chi connectivity index (χ1) is 13.9. The van der Waals surface area contributed by atoms with Gasteiger partial charge in [-0.1, -0.05) is 60.7 Å². The highest BCUT2D eigenvalue weighted by Crippen LogP contribution is 2.29. The molecule has 0 aliphatic carbocycles. The molecule has 28 heavy (non-hydrogen) atoms. The molecule has 132 valence electrons. The highest BCUT2D eigenvalue weighted by molar-refractivity contribution is 5.95. The third kappa shape index (κ3) is 3.12. The van der Waals surface area contributed by atoms with Crippen molar-refractivity contribution in [2.75, 3.05) is 0 Å². The molecule has 0 saturated heterocycles. The van der Waals surface area contributed by atoms with Gasteiger partial charge in [-0.2, -0.15) is 0 Å². The maximum Gasteiger partial charge on any atom is 0.175 e. The topological polar surface area (TPSA) is 50.5 Å². The molecule has 0 bridgehead atoms. The van der Waals surface area contributed by atoms with Crippen LogP contribution in [-0.2, 0) is 0 Å². The molecule has 0 atom stereocenters. The van der Waals surface area contributed by atoms with E-state index in [1.54, 1.807) is 0 Å². The van der Waals surface area contributed by atoms with Gasteiger partial charge < -0.3 is 0 Å². The molecule has 5 rings (SSSR count). The maximum atomic E-state index is 4.65. The summed E-state index contributed by atoms with van der Waals surface area (Å²) in [6.45, 7) is 0. The Balaban J connectivity index is 1.50. The molecule has 0 aliphatic rings. The van der Waals surface area contributed by atoms with Gasteiger partial charge in [-0.05, 0) is 47.5 Å². The zero-order chi connectivity index (χ0) is 18.8. The molecular formula is C24H16N4. The molecular weight excluding hydrogens is 344 g/mol. The number of nitrogens with zero attached hydrogens (tertiary/aromatic N) is 4. The Morgan fingerprint density at radius 1 is 0.500 bits per heavy atom. The van der Waals surface area contributed by atoms with Crippen LogP contribution in [0.15, 0.2) is 107 Å². The first-order valence-corrected chi connectivity index (χ1v) is 9.10. The molecule has 0 amide bonds. The second-order valence-corrected chi connectivity index (χ2v) is 6.47. The summed E-state index contributed by atoms with van der Waals surface area (Å²) in [6, 6.07) is 32.2. The van der Waals surface area contributed by atoms with Gasteiger partial charge in [0.25, 0.3) is 0 Å². The summed E-state index contributed by atoms with van der Waals surface area (Å²) < 4.78 is 0. The second-order valence-electron chi connectivity index (χ2n) is 6.47. The molecule has 0 saturated carbocycles. The van der Waals surface area contributed by atoms with E-state index < -0.39 is 0 Å². The number of benzene rings is 3. The molecule has 2 aromatic heterocycles. The lowest BCUT2D eigenvalue weighted by Crippen LogP contribution is -1.84.